The van der Waals surface area contributed by atoms with Crippen molar-refractivity contribution in [3.05, 3.63) is 54.3 Å². The maximum Gasteiger partial charge on any atom is 0.117 e. The van der Waals surface area contributed by atoms with Gasteiger partial charge < -0.3 is 4.90 Å². The van der Waals surface area contributed by atoms with Crippen LogP contribution in [0.3, 0.4) is 0 Å². The van der Waals surface area contributed by atoms with Crippen LogP contribution in [-0.2, 0) is 0 Å². The van der Waals surface area contributed by atoms with Gasteiger partial charge in [0.2, 0.25) is 0 Å². The summed E-state index contributed by atoms with van der Waals surface area (Å²) in [7, 11) is 1.93. The van der Waals surface area contributed by atoms with Gasteiger partial charge in [-0.2, -0.15) is 5.26 Å². The highest BCUT2D eigenvalue weighted by atomic mass is 79.9. The van der Waals surface area contributed by atoms with E-state index in [0.717, 1.165) is 23.9 Å². The molecule has 0 aromatic heterocycles. The molecule has 1 atom stereocenters. The summed E-state index contributed by atoms with van der Waals surface area (Å²) in [4.78, 5) is 1.94. The summed E-state index contributed by atoms with van der Waals surface area (Å²) in [6.45, 7) is 2.02. The van der Waals surface area contributed by atoms with Gasteiger partial charge >= 0.3 is 0 Å². The summed E-state index contributed by atoms with van der Waals surface area (Å²) in [5.74, 6) is 0.304. The fourth-order valence-corrected chi connectivity index (χ4v) is 2.34. The fourth-order valence-electron chi connectivity index (χ4n) is 2.01. The van der Waals surface area contributed by atoms with E-state index in [1.165, 1.54) is 0 Å². The van der Waals surface area contributed by atoms with Gasteiger partial charge in [0.05, 0.1) is 0 Å². The van der Waals surface area contributed by atoms with Gasteiger partial charge in [-0.3, -0.25) is 0 Å². The SMILES string of the molecule is C/C=C/C(/C=C(\C#N)N(C)c1ccccc1)CCCBr. The van der Waals surface area contributed by atoms with E-state index < -0.39 is 0 Å². The lowest BCUT2D eigenvalue weighted by Crippen LogP contribution is -2.16. The maximum atomic E-state index is 9.41. The van der Waals surface area contributed by atoms with E-state index >= 15 is 0 Å². The second kappa shape index (κ2) is 9.39. The summed E-state index contributed by atoms with van der Waals surface area (Å²) in [6, 6.07) is 12.3. The number of nitriles is 1. The molecule has 0 fully saturated rings. The Hall–Kier alpha value is -1.53. The Morgan fingerprint density at radius 3 is 2.65 bits per heavy atom. The zero-order valence-corrected chi connectivity index (χ0v) is 13.7. The summed E-state index contributed by atoms with van der Waals surface area (Å²) in [5, 5.41) is 10.4. The summed E-state index contributed by atoms with van der Waals surface area (Å²) < 4.78 is 0. The van der Waals surface area contributed by atoms with Gasteiger partial charge in [0, 0.05) is 18.1 Å². The minimum Gasteiger partial charge on any atom is -0.336 e. The Balaban J connectivity index is 2.92. The number of allylic oxidation sites excluding steroid dienone is 4. The van der Waals surface area contributed by atoms with Crippen molar-refractivity contribution in [3.8, 4) is 6.07 Å². The molecule has 0 saturated carbocycles. The predicted octanol–water partition coefficient (Wildman–Crippen LogP) is 4.90. The van der Waals surface area contributed by atoms with Crippen LogP contribution in [0.2, 0.25) is 0 Å². The van der Waals surface area contributed by atoms with Crippen LogP contribution in [0.25, 0.3) is 0 Å². The molecule has 0 spiro atoms. The van der Waals surface area contributed by atoms with E-state index in [9.17, 15) is 5.26 Å². The standard InChI is InChI=1S/C17H21BrN2/c1-3-8-15(9-7-12-18)13-17(14-19)20(2)16-10-5-4-6-11-16/h3-6,8,10-11,13,15H,7,9,12H2,1-2H3/b8-3+,17-13+. The minimum absolute atomic E-state index is 0.304. The molecule has 0 aliphatic carbocycles. The van der Waals surface area contributed by atoms with E-state index in [4.69, 9.17) is 0 Å². The summed E-state index contributed by atoms with van der Waals surface area (Å²) >= 11 is 3.46. The van der Waals surface area contributed by atoms with Crippen molar-refractivity contribution in [3.63, 3.8) is 0 Å². The average molecular weight is 333 g/mol. The Morgan fingerprint density at radius 1 is 1.40 bits per heavy atom. The number of rotatable bonds is 7. The van der Waals surface area contributed by atoms with Crippen molar-refractivity contribution in [2.24, 2.45) is 5.92 Å². The van der Waals surface area contributed by atoms with Crippen LogP contribution in [0, 0.1) is 17.2 Å². The third kappa shape index (κ3) is 5.22. The molecule has 0 aliphatic rings. The number of alkyl halides is 1. The first-order valence-electron chi connectivity index (χ1n) is 6.82. The first-order chi connectivity index (χ1) is 9.72. The van der Waals surface area contributed by atoms with Gasteiger partial charge in [-0.1, -0.05) is 46.3 Å². The first kappa shape index (κ1) is 16.5. The highest BCUT2D eigenvalue weighted by Crippen LogP contribution is 2.20. The molecule has 106 valence electrons. The molecule has 1 aromatic rings. The second-order valence-corrected chi connectivity index (χ2v) is 5.37. The number of benzene rings is 1. The van der Waals surface area contributed by atoms with Crippen LogP contribution in [0.4, 0.5) is 5.69 Å². The van der Waals surface area contributed by atoms with Gasteiger partial charge in [0.25, 0.3) is 0 Å². The van der Waals surface area contributed by atoms with E-state index in [0.29, 0.717) is 11.6 Å². The van der Waals surface area contributed by atoms with Gasteiger partial charge in [-0.05, 0) is 43.9 Å². The number of hydrogen-bond donors (Lipinski definition) is 0. The molecule has 0 N–H and O–H groups in total. The van der Waals surface area contributed by atoms with Gasteiger partial charge in [0.1, 0.15) is 11.8 Å². The third-order valence-corrected chi connectivity index (χ3v) is 3.66. The number of nitrogens with zero attached hydrogens (tertiary/aromatic N) is 2. The monoisotopic (exact) mass is 332 g/mol. The lowest BCUT2D eigenvalue weighted by atomic mass is 10.0. The van der Waals surface area contributed by atoms with Crippen molar-refractivity contribution >= 4 is 21.6 Å². The van der Waals surface area contributed by atoms with E-state index in [-0.39, 0.29) is 0 Å². The summed E-state index contributed by atoms with van der Waals surface area (Å²) in [6.07, 6.45) is 8.39. The molecular weight excluding hydrogens is 312 g/mol. The topological polar surface area (TPSA) is 27.0 Å². The lowest BCUT2D eigenvalue weighted by Gasteiger charge is -2.19. The quantitative estimate of drug-likeness (QED) is 0.403. The van der Waals surface area contributed by atoms with Crippen molar-refractivity contribution in [1.82, 2.24) is 0 Å². The van der Waals surface area contributed by atoms with Gasteiger partial charge in [-0.15, -0.1) is 0 Å². The Bertz CT molecular complexity index is 485. The van der Waals surface area contributed by atoms with Gasteiger partial charge in [-0.25, -0.2) is 0 Å². The molecule has 3 heteroatoms. The highest BCUT2D eigenvalue weighted by Gasteiger charge is 2.09. The normalized spacial score (nSPS) is 13.2. The largest absolute Gasteiger partial charge is 0.336 e. The van der Waals surface area contributed by atoms with Crippen LogP contribution < -0.4 is 4.90 Å². The molecule has 20 heavy (non-hydrogen) atoms. The highest BCUT2D eigenvalue weighted by molar-refractivity contribution is 9.09. The number of anilines is 1. The molecule has 0 amide bonds. The third-order valence-electron chi connectivity index (χ3n) is 3.10. The average Bonchev–Trinajstić information content (AvgIpc) is 2.50. The van der Waals surface area contributed by atoms with Crippen molar-refractivity contribution in [2.75, 3.05) is 17.3 Å². The smallest absolute Gasteiger partial charge is 0.117 e. The fraction of sp³-hybridized carbons (Fsp3) is 0.353. The maximum absolute atomic E-state index is 9.41. The van der Waals surface area contributed by atoms with Crippen LogP contribution in [0.15, 0.2) is 54.3 Å². The predicted molar refractivity (Wildman–Crippen MR) is 89.9 cm³/mol. The van der Waals surface area contributed by atoms with E-state index in [2.05, 4.69) is 34.2 Å². The summed E-state index contributed by atoms with van der Waals surface area (Å²) in [5.41, 5.74) is 1.72. The molecule has 1 unspecified atom stereocenters. The molecule has 0 bridgehead atoms. The van der Waals surface area contributed by atoms with Crippen molar-refractivity contribution < 1.29 is 0 Å². The second-order valence-electron chi connectivity index (χ2n) is 4.58. The lowest BCUT2D eigenvalue weighted by molar-refractivity contribution is 0.692. The zero-order chi connectivity index (χ0) is 14.8. The zero-order valence-electron chi connectivity index (χ0n) is 12.1. The molecule has 0 saturated heterocycles. The Kier molecular flexibility index (Phi) is 7.75. The number of halogens is 1. The molecular formula is C17H21BrN2. The van der Waals surface area contributed by atoms with Crippen LogP contribution >= 0.6 is 15.9 Å². The van der Waals surface area contributed by atoms with Crippen LogP contribution in [0.1, 0.15) is 19.8 Å². The van der Waals surface area contributed by atoms with Crippen LogP contribution in [0.5, 0.6) is 0 Å². The molecule has 1 rings (SSSR count). The Morgan fingerprint density at radius 2 is 2.10 bits per heavy atom. The van der Waals surface area contributed by atoms with Gasteiger partial charge in [0.15, 0.2) is 0 Å². The van der Waals surface area contributed by atoms with E-state index in [1.54, 1.807) is 0 Å². The van der Waals surface area contributed by atoms with E-state index in [1.807, 2.05) is 55.3 Å². The van der Waals surface area contributed by atoms with Crippen LogP contribution in [-0.4, -0.2) is 12.4 Å². The number of para-hydroxylation sites is 1. The molecule has 0 aliphatic heterocycles. The first-order valence-corrected chi connectivity index (χ1v) is 7.94. The molecule has 0 heterocycles. The Labute approximate surface area is 130 Å². The molecule has 1 aromatic carbocycles. The van der Waals surface area contributed by atoms with Crippen molar-refractivity contribution in [1.29, 1.82) is 5.26 Å². The molecule has 2 nitrogen and oxygen atoms in total. The molecule has 0 radical (unpaired) electrons. The minimum atomic E-state index is 0.304. The van der Waals surface area contributed by atoms with Crippen molar-refractivity contribution in [2.45, 2.75) is 19.8 Å². The number of hydrogen-bond acceptors (Lipinski definition) is 2.